The van der Waals surface area contributed by atoms with Crippen molar-refractivity contribution in [1.82, 2.24) is 0 Å². The van der Waals surface area contributed by atoms with Crippen molar-refractivity contribution in [3.8, 4) is 11.8 Å². The molecule has 1 amide bonds. The van der Waals surface area contributed by atoms with Crippen LogP contribution in [0, 0.1) is 17.1 Å². The van der Waals surface area contributed by atoms with Crippen molar-refractivity contribution in [1.29, 1.82) is 5.26 Å². The van der Waals surface area contributed by atoms with Crippen molar-refractivity contribution in [3.63, 3.8) is 0 Å². The number of halogens is 1. The Hall–Kier alpha value is -3.57. The Morgan fingerprint density at radius 1 is 1.04 bits per heavy atom. The quantitative estimate of drug-likeness (QED) is 0.0663. The Morgan fingerprint density at radius 2 is 1.66 bits per heavy atom. The molecule has 50 heavy (non-hydrogen) atoms. The van der Waals surface area contributed by atoms with E-state index in [0.29, 0.717) is 29.7 Å². The number of carbonyl (C=O) groups excluding carboxylic acids is 2. The molecule has 0 aromatic heterocycles. The molecule has 1 atom stereocenters. The fourth-order valence-corrected chi connectivity index (χ4v) is 12.1. The molecule has 2 aromatic rings. The third-order valence-corrected chi connectivity index (χ3v) is 15.1. The molecule has 0 bridgehead atoms. The minimum absolute atomic E-state index is 0.00699. The number of amides is 1. The normalized spacial score (nSPS) is 13.4. The van der Waals surface area contributed by atoms with Gasteiger partial charge in [0.2, 0.25) is 0 Å². The molecule has 2 aromatic carbocycles. The first-order valence-electron chi connectivity index (χ1n) is 16.8. The number of hydrogen-bond acceptors (Lipinski definition) is 10. The largest absolute Gasteiger partial charge is 0.488 e. The highest BCUT2D eigenvalue weighted by Gasteiger charge is 2.45. The number of nitrogens with zero attached hydrogens (tertiary/aromatic N) is 3. The number of aliphatic imine (C=N–C) groups is 2. The average Bonchev–Trinajstić information content (AvgIpc) is 3.05. The van der Waals surface area contributed by atoms with Crippen LogP contribution in [0.5, 0.6) is 5.75 Å². The fraction of sp³-hybridized carbons (Fsp3) is 0.541. The van der Waals surface area contributed by atoms with Crippen LogP contribution in [0.2, 0.25) is 16.6 Å². The summed E-state index contributed by atoms with van der Waals surface area (Å²) in [6.07, 6.45) is 1.32. The van der Waals surface area contributed by atoms with Gasteiger partial charge in [-0.1, -0.05) is 48.5 Å². The van der Waals surface area contributed by atoms with Crippen LogP contribution >= 0.6 is 11.8 Å². The number of esters is 1. The van der Waals surface area contributed by atoms with Gasteiger partial charge in [-0.05, 0) is 91.5 Å². The monoisotopic (exact) mass is 728 g/mol. The minimum Gasteiger partial charge on any atom is -0.488 e. The van der Waals surface area contributed by atoms with E-state index in [1.54, 1.807) is 39.2 Å². The number of thioether (sulfide) groups is 1. The lowest BCUT2D eigenvalue weighted by Gasteiger charge is -2.42. The van der Waals surface area contributed by atoms with Crippen molar-refractivity contribution >= 4 is 48.6 Å². The number of rotatable bonds is 14. The van der Waals surface area contributed by atoms with Gasteiger partial charge in [-0.15, -0.1) is 11.8 Å². The summed E-state index contributed by atoms with van der Waals surface area (Å²) in [6.45, 7) is 20.7. The second-order valence-corrected chi connectivity index (χ2v) is 20.0. The molecule has 0 heterocycles. The van der Waals surface area contributed by atoms with E-state index in [1.165, 1.54) is 25.3 Å². The van der Waals surface area contributed by atoms with E-state index in [1.807, 2.05) is 13.0 Å². The average molecular weight is 729 g/mol. The lowest BCUT2D eigenvalue weighted by atomic mass is 10.00. The highest BCUT2D eigenvalue weighted by molar-refractivity contribution is 8.15. The van der Waals surface area contributed by atoms with Gasteiger partial charge in [-0.2, -0.15) is 10.3 Å². The summed E-state index contributed by atoms with van der Waals surface area (Å²) >= 11 is 1.07. The zero-order valence-electron chi connectivity index (χ0n) is 31.5. The van der Waals surface area contributed by atoms with Crippen LogP contribution in [0.4, 0.5) is 14.9 Å². The number of nitrogens with two attached hydrogens (primary N) is 1. The maximum Gasteiger partial charge on any atom is 0.434 e. The first-order chi connectivity index (χ1) is 23.4. The van der Waals surface area contributed by atoms with Crippen LogP contribution in [0.25, 0.3) is 0 Å². The van der Waals surface area contributed by atoms with Crippen molar-refractivity contribution in [2.45, 2.75) is 104 Å². The topological polar surface area (TPSA) is 146 Å². The van der Waals surface area contributed by atoms with E-state index in [4.69, 9.17) is 29.4 Å². The van der Waals surface area contributed by atoms with Crippen LogP contribution in [0.1, 0.15) is 97.5 Å². The molecule has 0 aliphatic carbocycles. The number of hydrogen-bond donors (Lipinski definition) is 1. The summed E-state index contributed by atoms with van der Waals surface area (Å²) in [5, 5.41) is 9.86. The van der Waals surface area contributed by atoms with Crippen LogP contribution in [0.15, 0.2) is 40.3 Å². The van der Waals surface area contributed by atoms with E-state index < -0.39 is 37.8 Å². The zero-order valence-corrected chi connectivity index (χ0v) is 33.3. The zero-order chi connectivity index (χ0) is 38.0. The van der Waals surface area contributed by atoms with E-state index in [9.17, 15) is 14.9 Å². The summed E-state index contributed by atoms with van der Waals surface area (Å²) in [7, 11) is -0.973. The molecule has 0 radical (unpaired) electrons. The number of methoxy groups -OCH3 is 1. The molecule has 0 fully saturated rings. The summed E-state index contributed by atoms with van der Waals surface area (Å²) in [5.74, 6) is -1.42. The smallest absolute Gasteiger partial charge is 0.434 e. The lowest BCUT2D eigenvalue weighted by Crippen LogP contribution is -2.48. The predicted octanol–water partition coefficient (Wildman–Crippen LogP) is 8.82. The maximum atomic E-state index is 16.6. The molecule has 0 spiro atoms. The van der Waals surface area contributed by atoms with Gasteiger partial charge in [0.25, 0.3) is 0 Å². The molecule has 2 rings (SSSR count). The molecular formula is C37H53FN4O6SSi. The highest BCUT2D eigenvalue weighted by Crippen LogP contribution is 2.42. The maximum absolute atomic E-state index is 16.6. The number of nitriles is 1. The molecule has 0 saturated heterocycles. The van der Waals surface area contributed by atoms with Crippen molar-refractivity contribution in [2.24, 2.45) is 15.7 Å². The summed E-state index contributed by atoms with van der Waals surface area (Å²) in [5.41, 5.74) is 7.98. The van der Waals surface area contributed by atoms with E-state index in [-0.39, 0.29) is 45.5 Å². The Morgan fingerprint density at radius 3 is 2.16 bits per heavy atom. The summed E-state index contributed by atoms with van der Waals surface area (Å²) in [4.78, 5) is 34.0. The van der Waals surface area contributed by atoms with Crippen LogP contribution < -0.4 is 10.5 Å². The summed E-state index contributed by atoms with van der Waals surface area (Å²) < 4.78 is 39.4. The van der Waals surface area contributed by atoms with Crippen LogP contribution in [0.3, 0.4) is 0 Å². The van der Waals surface area contributed by atoms with Gasteiger partial charge < -0.3 is 24.4 Å². The molecule has 10 nitrogen and oxygen atoms in total. The minimum atomic E-state index is -2.16. The SMILES string of the molecule is CCc1cc(OCCO[Si](C(C)C)(C(C)C)C(C)C)c(F)c(C(=N\c2ccc(C#N)c(C(N)C(=O)OC(C)(C)C)c2)/C(=N/C(=O)OC)SC)c1. The highest BCUT2D eigenvalue weighted by atomic mass is 32.2. The van der Waals surface area contributed by atoms with E-state index >= 15 is 4.39 Å². The van der Waals surface area contributed by atoms with Gasteiger partial charge in [0, 0.05) is 5.56 Å². The number of carbonyl (C=O) groups is 2. The van der Waals surface area contributed by atoms with Gasteiger partial charge in [0.05, 0.1) is 31.0 Å². The lowest BCUT2D eigenvalue weighted by molar-refractivity contribution is -0.156. The van der Waals surface area contributed by atoms with Gasteiger partial charge >= 0.3 is 12.1 Å². The second-order valence-electron chi connectivity index (χ2n) is 13.8. The van der Waals surface area contributed by atoms with Gasteiger partial charge in [0.1, 0.15) is 29.0 Å². The van der Waals surface area contributed by atoms with Crippen molar-refractivity contribution in [2.75, 3.05) is 26.6 Å². The Balaban J connectivity index is 2.72. The molecular weight excluding hydrogens is 676 g/mol. The number of aryl methyl sites for hydroxylation is 1. The van der Waals surface area contributed by atoms with Crippen LogP contribution in [-0.2, 0) is 25.1 Å². The molecule has 274 valence electrons. The van der Waals surface area contributed by atoms with E-state index in [2.05, 4.69) is 46.5 Å². The van der Waals surface area contributed by atoms with E-state index in [0.717, 1.165) is 17.3 Å². The second kappa shape index (κ2) is 18.6. The number of ether oxygens (including phenoxy) is 3. The third-order valence-electron chi connectivity index (χ3n) is 8.32. The van der Waals surface area contributed by atoms with Crippen LogP contribution in [-0.4, -0.2) is 63.3 Å². The molecule has 2 N–H and O–H groups in total. The first kappa shape index (κ1) is 42.6. The van der Waals surface area contributed by atoms with Gasteiger partial charge in [-0.3, -0.25) is 0 Å². The van der Waals surface area contributed by atoms with Crippen molar-refractivity contribution in [3.05, 3.63) is 58.4 Å². The Kier molecular flexibility index (Phi) is 15.8. The molecule has 0 aliphatic rings. The fourth-order valence-electron chi connectivity index (χ4n) is 6.15. The third kappa shape index (κ3) is 10.7. The predicted molar refractivity (Wildman–Crippen MR) is 202 cm³/mol. The molecule has 1 unspecified atom stereocenters. The Labute approximate surface area is 302 Å². The first-order valence-corrected chi connectivity index (χ1v) is 20.1. The molecule has 13 heteroatoms. The number of benzene rings is 2. The Bertz CT molecular complexity index is 1590. The molecule has 0 saturated carbocycles. The van der Waals surface area contributed by atoms with Gasteiger partial charge in [0.15, 0.2) is 19.9 Å². The van der Waals surface area contributed by atoms with Crippen molar-refractivity contribution < 1.29 is 32.6 Å². The standard InChI is InChI=1S/C37H53FN4O6SSi/c1-13-25-18-29(31(38)30(19-25)46-16-17-47-50(22(2)3,23(4)5)24(6)7)33(34(49-12)42-36(44)45-11)41-27-15-14-26(21-39)28(20-27)32(40)35(43)48-37(8,9)10/h14-15,18-20,22-24,32H,13,16-17,40H2,1-12H3/b41-33+,42-34-. The molecule has 0 aliphatic heterocycles. The summed E-state index contributed by atoms with van der Waals surface area (Å²) in [6, 6.07) is 8.49. The van der Waals surface area contributed by atoms with Gasteiger partial charge in [-0.25, -0.2) is 19.0 Å².